The van der Waals surface area contributed by atoms with E-state index in [0.29, 0.717) is 10.6 Å². The van der Waals surface area contributed by atoms with E-state index in [2.05, 4.69) is 15.5 Å². The van der Waals surface area contributed by atoms with E-state index < -0.39 is 11.7 Å². The molecule has 0 spiro atoms. The van der Waals surface area contributed by atoms with Crippen molar-refractivity contribution in [2.75, 3.05) is 5.32 Å². The highest BCUT2D eigenvalue weighted by Crippen LogP contribution is 2.20. The molecular weight excluding hydrogens is 258 g/mol. The predicted octanol–water partition coefficient (Wildman–Crippen LogP) is 2.89. The van der Waals surface area contributed by atoms with Crippen molar-refractivity contribution in [3.63, 3.8) is 0 Å². The van der Waals surface area contributed by atoms with Gasteiger partial charge in [0.2, 0.25) is 0 Å². The summed E-state index contributed by atoms with van der Waals surface area (Å²) in [6, 6.07) is 1.51. The molecule has 0 aliphatic heterocycles. The van der Waals surface area contributed by atoms with Crippen LogP contribution in [0.1, 0.15) is 26.3 Å². The Bertz CT molecular complexity index is 469. The van der Waals surface area contributed by atoms with Crippen molar-refractivity contribution in [1.82, 2.24) is 4.98 Å². The number of hydrogen-bond acceptors (Lipinski definition) is 5. The van der Waals surface area contributed by atoms with Crippen molar-refractivity contribution >= 4 is 29.7 Å². The molecule has 1 aromatic heterocycles. The van der Waals surface area contributed by atoms with Crippen LogP contribution in [0.3, 0.4) is 0 Å². The van der Waals surface area contributed by atoms with Crippen LogP contribution in [0, 0.1) is 0 Å². The number of ether oxygens (including phenoxy) is 1. The quantitative estimate of drug-likeness (QED) is 0.492. The number of hydrogen-bond donors (Lipinski definition) is 2. The minimum absolute atomic E-state index is 0.162. The molecule has 98 valence electrons. The smallest absolute Gasteiger partial charge is 0.413 e. The zero-order chi connectivity index (χ0) is 13.8. The van der Waals surface area contributed by atoms with Crippen molar-refractivity contribution in [2.24, 2.45) is 5.16 Å². The molecule has 0 saturated heterocycles. The Kier molecular flexibility index (Phi) is 4.49. The molecule has 0 aromatic carbocycles. The summed E-state index contributed by atoms with van der Waals surface area (Å²) in [5.74, 6) is 0.162. The number of pyridine rings is 1. The normalized spacial score (nSPS) is 11.6. The third-order valence-electron chi connectivity index (χ3n) is 1.74. The number of amides is 1. The SMILES string of the molecule is CC(C)(C)OC(=O)Nc1nccc(Cl)c1C=NO. The molecule has 1 heterocycles. The van der Waals surface area contributed by atoms with Crippen molar-refractivity contribution in [1.29, 1.82) is 0 Å². The molecule has 7 heteroatoms. The lowest BCUT2D eigenvalue weighted by Crippen LogP contribution is -2.27. The Hall–Kier alpha value is -1.82. The number of carbonyl (C=O) groups excluding carboxylic acids is 1. The van der Waals surface area contributed by atoms with E-state index in [0.717, 1.165) is 6.21 Å². The van der Waals surface area contributed by atoms with Crippen molar-refractivity contribution in [3.8, 4) is 0 Å². The van der Waals surface area contributed by atoms with Gasteiger partial charge in [0, 0.05) is 6.20 Å². The van der Waals surface area contributed by atoms with Gasteiger partial charge in [-0.3, -0.25) is 5.32 Å². The van der Waals surface area contributed by atoms with Crippen LogP contribution in [0.2, 0.25) is 5.02 Å². The topological polar surface area (TPSA) is 83.8 Å². The van der Waals surface area contributed by atoms with Crippen LogP contribution in [0.15, 0.2) is 17.4 Å². The van der Waals surface area contributed by atoms with Gasteiger partial charge < -0.3 is 9.94 Å². The van der Waals surface area contributed by atoms with Crippen LogP contribution in [-0.2, 0) is 4.74 Å². The van der Waals surface area contributed by atoms with Crippen LogP contribution in [0.25, 0.3) is 0 Å². The van der Waals surface area contributed by atoms with Gasteiger partial charge in [0.25, 0.3) is 0 Å². The Labute approximate surface area is 110 Å². The molecule has 0 saturated carbocycles. The second-order valence-electron chi connectivity index (χ2n) is 4.43. The molecule has 1 amide bonds. The molecule has 0 aliphatic carbocycles. The van der Waals surface area contributed by atoms with E-state index in [1.54, 1.807) is 20.8 Å². The van der Waals surface area contributed by atoms with Crippen LogP contribution in [-0.4, -0.2) is 28.1 Å². The summed E-state index contributed by atoms with van der Waals surface area (Å²) in [7, 11) is 0. The van der Waals surface area contributed by atoms with Gasteiger partial charge in [-0.2, -0.15) is 0 Å². The van der Waals surface area contributed by atoms with E-state index >= 15 is 0 Å². The van der Waals surface area contributed by atoms with E-state index in [9.17, 15) is 4.79 Å². The zero-order valence-corrected chi connectivity index (χ0v) is 11.0. The minimum Gasteiger partial charge on any atom is -0.444 e. The summed E-state index contributed by atoms with van der Waals surface area (Å²) in [6.07, 6.45) is 1.84. The van der Waals surface area contributed by atoms with Gasteiger partial charge in [-0.15, -0.1) is 0 Å². The molecule has 18 heavy (non-hydrogen) atoms. The molecular formula is C11H14ClN3O3. The summed E-state index contributed by atoms with van der Waals surface area (Å²) in [5.41, 5.74) is -0.319. The molecule has 0 atom stereocenters. The molecule has 0 fully saturated rings. The van der Waals surface area contributed by atoms with E-state index in [4.69, 9.17) is 21.5 Å². The minimum atomic E-state index is -0.662. The average molecular weight is 272 g/mol. The van der Waals surface area contributed by atoms with E-state index in [-0.39, 0.29) is 5.82 Å². The van der Waals surface area contributed by atoms with Gasteiger partial charge in [0.05, 0.1) is 16.8 Å². The van der Waals surface area contributed by atoms with Gasteiger partial charge in [0.1, 0.15) is 11.4 Å². The molecule has 0 bridgehead atoms. The maximum absolute atomic E-state index is 11.6. The Morgan fingerprint density at radius 2 is 2.28 bits per heavy atom. The Balaban J connectivity index is 2.91. The first-order chi connectivity index (χ1) is 8.33. The molecule has 1 rings (SSSR count). The number of halogens is 1. The fourth-order valence-corrected chi connectivity index (χ4v) is 1.32. The third kappa shape index (κ3) is 4.21. The monoisotopic (exact) mass is 271 g/mol. The summed E-state index contributed by atoms with van der Waals surface area (Å²) in [5, 5.41) is 14.1. The number of nitrogens with one attached hydrogen (secondary N) is 1. The second-order valence-corrected chi connectivity index (χ2v) is 4.83. The highest BCUT2D eigenvalue weighted by molar-refractivity contribution is 6.33. The maximum atomic E-state index is 11.6. The molecule has 0 aliphatic rings. The second kappa shape index (κ2) is 5.68. The molecule has 1 aromatic rings. The average Bonchev–Trinajstić information content (AvgIpc) is 2.20. The first-order valence-electron chi connectivity index (χ1n) is 5.15. The van der Waals surface area contributed by atoms with Crippen LogP contribution < -0.4 is 5.32 Å². The van der Waals surface area contributed by atoms with Crippen molar-refractivity contribution in [2.45, 2.75) is 26.4 Å². The highest BCUT2D eigenvalue weighted by Gasteiger charge is 2.18. The van der Waals surface area contributed by atoms with Crippen LogP contribution >= 0.6 is 11.6 Å². The molecule has 6 nitrogen and oxygen atoms in total. The third-order valence-corrected chi connectivity index (χ3v) is 2.07. The van der Waals surface area contributed by atoms with Gasteiger partial charge in [0.15, 0.2) is 0 Å². The lowest BCUT2D eigenvalue weighted by atomic mass is 10.2. The van der Waals surface area contributed by atoms with Gasteiger partial charge in [-0.05, 0) is 26.8 Å². The first kappa shape index (κ1) is 14.2. The largest absolute Gasteiger partial charge is 0.444 e. The number of nitrogens with zero attached hydrogens (tertiary/aromatic N) is 2. The predicted molar refractivity (Wildman–Crippen MR) is 68.5 cm³/mol. The maximum Gasteiger partial charge on any atom is 0.413 e. The summed E-state index contributed by atoms with van der Waals surface area (Å²) >= 11 is 5.89. The number of rotatable bonds is 2. The van der Waals surface area contributed by atoms with E-state index in [1.807, 2.05) is 0 Å². The Morgan fingerprint density at radius 1 is 1.61 bits per heavy atom. The zero-order valence-electron chi connectivity index (χ0n) is 10.3. The number of oxime groups is 1. The first-order valence-corrected chi connectivity index (χ1v) is 5.53. The van der Waals surface area contributed by atoms with Crippen LogP contribution in [0.4, 0.5) is 10.6 Å². The number of aromatic nitrogens is 1. The lowest BCUT2D eigenvalue weighted by Gasteiger charge is -2.19. The van der Waals surface area contributed by atoms with Crippen molar-refractivity contribution in [3.05, 3.63) is 22.8 Å². The van der Waals surface area contributed by atoms with Gasteiger partial charge in [-0.1, -0.05) is 16.8 Å². The Morgan fingerprint density at radius 3 is 2.83 bits per heavy atom. The fourth-order valence-electron chi connectivity index (χ4n) is 1.13. The van der Waals surface area contributed by atoms with Crippen molar-refractivity contribution < 1.29 is 14.7 Å². The fraction of sp³-hybridized carbons (Fsp3) is 0.364. The number of anilines is 1. The molecule has 0 unspecified atom stereocenters. The summed E-state index contributed by atoms with van der Waals surface area (Å²) < 4.78 is 5.07. The summed E-state index contributed by atoms with van der Waals surface area (Å²) in [6.45, 7) is 5.23. The lowest BCUT2D eigenvalue weighted by molar-refractivity contribution is 0.0635. The molecule has 2 N–H and O–H groups in total. The van der Waals surface area contributed by atoms with Gasteiger partial charge in [-0.25, -0.2) is 9.78 Å². The van der Waals surface area contributed by atoms with Gasteiger partial charge >= 0.3 is 6.09 Å². The number of carbonyl (C=O) groups is 1. The summed E-state index contributed by atoms with van der Waals surface area (Å²) in [4.78, 5) is 15.5. The standard InChI is InChI=1S/C11H14ClN3O3/c1-11(2,3)18-10(16)15-9-7(6-14-17)8(12)4-5-13-9/h4-6,17H,1-3H3,(H,13,15,16). The highest BCUT2D eigenvalue weighted by atomic mass is 35.5. The molecule has 0 radical (unpaired) electrons. The van der Waals surface area contributed by atoms with E-state index in [1.165, 1.54) is 12.3 Å². The van der Waals surface area contributed by atoms with Crippen LogP contribution in [0.5, 0.6) is 0 Å².